The zero-order chi connectivity index (χ0) is 18.2. The van der Waals surface area contributed by atoms with Crippen molar-refractivity contribution in [2.24, 2.45) is 0 Å². The van der Waals surface area contributed by atoms with E-state index in [-0.39, 0.29) is 0 Å². The van der Waals surface area contributed by atoms with E-state index in [1.165, 1.54) is 38.5 Å². The van der Waals surface area contributed by atoms with E-state index in [1.807, 2.05) is 24.3 Å². The van der Waals surface area contributed by atoms with E-state index >= 15 is 0 Å². The van der Waals surface area contributed by atoms with E-state index in [4.69, 9.17) is 0 Å². The highest BCUT2D eigenvalue weighted by atomic mass is 16.1. The topological polar surface area (TPSA) is 64.7 Å². The second kappa shape index (κ2) is 9.69. The van der Waals surface area contributed by atoms with E-state index < -0.39 is 0 Å². The van der Waals surface area contributed by atoms with E-state index in [9.17, 15) is 9.59 Å². The molecule has 0 aromatic heterocycles. The van der Waals surface area contributed by atoms with Gasteiger partial charge in [-0.25, -0.2) is 20.9 Å². The minimum Gasteiger partial charge on any atom is -0.277 e. The van der Waals surface area contributed by atoms with Crippen LogP contribution in [-0.2, 0) is 9.59 Å². The van der Waals surface area contributed by atoms with Gasteiger partial charge in [0, 0.05) is 12.1 Å². The zero-order valence-corrected chi connectivity index (χ0v) is 15.4. The summed E-state index contributed by atoms with van der Waals surface area (Å²) < 4.78 is 0. The van der Waals surface area contributed by atoms with Crippen molar-refractivity contribution in [2.75, 3.05) is 10.0 Å². The van der Waals surface area contributed by atoms with Crippen LogP contribution >= 0.6 is 0 Å². The molecule has 3 rings (SSSR count). The largest absolute Gasteiger partial charge is 0.277 e. The Morgan fingerprint density at radius 1 is 0.731 bits per heavy atom. The second-order valence-corrected chi connectivity index (χ2v) is 7.40. The van der Waals surface area contributed by atoms with Gasteiger partial charge >= 0.3 is 0 Å². The molecule has 0 radical (unpaired) electrons. The van der Waals surface area contributed by atoms with Crippen LogP contribution in [0.5, 0.6) is 0 Å². The number of nitrogens with one attached hydrogen (secondary N) is 2. The van der Waals surface area contributed by atoms with Crippen molar-refractivity contribution in [2.45, 2.75) is 76.3 Å². The Hall–Kier alpha value is -1.92. The number of nitrogens with zero attached hydrogens (tertiary/aromatic N) is 2. The van der Waals surface area contributed by atoms with Crippen LogP contribution in [0.15, 0.2) is 24.3 Å². The third kappa shape index (κ3) is 5.05. The first kappa shape index (κ1) is 18.9. The molecule has 0 saturated heterocycles. The van der Waals surface area contributed by atoms with Crippen molar-refractivity contribution < 1.29 is 9.59 Å². The third-order valence-electron chi connectivity index (χ3n) is 5.45. The summed E-state index contributed by atoms with van der Waals surface area (Å²) in [6, 6.07) is 8.19. The number of hydrogen-bond donors (Lipinski definition) is 2. The smallest absolute Gasteiger partial charge is 0.228 e. The van der Waals surface area contributed by atoms with Crippen molar-refractivity contribution in [3.63, 3.8) is 0 Å². The monoisotopic (exact) mass is 358 g/mol. The molecule has 0 spiro atoms. The van der Waals surface area contributed by atoms with Gasteiger partial charge in [-0.1, -0.05) is 44.6 Å². The van der Waals surface area contributed by atoms with E-state index in [1.54, 1.807) is 10.0 Å². The number of carbonyl (C=O) groups is 2. The first-order valence-electron chi connectivity index (χ1n) is 9.91. The number of anilines is 2. The highest BCUT2D eigenvalue weighted by Crippen LogP contribution is 2.24. The number of amides is 2. The number of hydrazine groups is 2. The fourth-order valence-corrected chi connectivity index (χ4v) is 3.98. The van der Waals surface area contributed by atoms with E-state index in [0.29, 0.717) is 12.1 Å². The van der Waals surface area contributed by atoms with Gasteiger partial charge < -0.3 is 0 Å². The number of rotatable bonds is 8. The lowest BCUT2D eigenvalue weighted by atomic mass is 9.96. The van der Waals surface area contributed by atoms with Crippen LogP contribution in [0.4, 0.5) is 11.4 Å². The molecule has 6 nitrogen and oxygen atoms in total. The molecule has 142 valence electrons. The van der Waals surface area contributed by atoms with Crippen molar-refractivity contribution in [1.29, 1.82) is 0 Å². The standard InChI is InChI=1S/C20H30N4O2/c25-15-23(21-17-8-3-1-4-9-17)19-12-7-13-20(14-19)24(16-26)22-18-10-5-2-6-11-18/h7,12-18,21-22H,1-6,8-11H2. The van der Waals surface area contributed by atoms with Crippen LogP contribution in [0.1, 0.15) is 64.2 Å². The zero-order valence-electron chi connectivity index (χ0n) is 15.4. The minimum absolute atomic E-state index is 0.333. The maximum absolute atomic E-state index is 11.6. The molecule has 2 amide bonds. The molecule has 0 aliphatic heterocycles. The summed E-state index contributed by atoms with van der Waals surface area (Å²) >= 11 is 0. The van der Waals surface area contributed by atoms with Crippen molar-refractivity contribution in [1.82, 2.24) is 10.9 Å². The Bertz CT molecular complexity index is 536. The van der Waals surface area contributed by atoms with E-state index in [0.717, 1.165) is 49.9 Å². The summed E-state index contributed by atoms with van der Waals surface area (Å²) in [4.78, 5) is 23.2. The van der Waals surface area contributed by atoms with Crippen LogP contribution in [0.2, 0.25) is 0 Å². The van der Waals surface area contributed by atoms with Gasteiger partial charge in [-0.05, 0) is 43.9 Å². The molecule has 26 heavy (non-hydrogen) atoms. The molecular formula is C20H30N4O2. The van der Waals surface area contributed by atoms with Crippen LogP contribution < -0.4 is 20.9 Å². The molecule has 0 atom stereocenters. The molecule has 1 aromatic rings. The van der Waals surface area contributed by atoms with Gasteiger partial charge in [0.1, 0.15) is 0 Å². The normalized spacial score (nSPS) is 19.1. The Morgan fingerprint density at radius 2 is 1.15 bits per heavy atom. The summed E-state index contributed by atoms with van der Waals surface area (Å²) in [5, 5.41) is 3.09. The van der Waals surface area contributed by atoms with Crippen LogP contribution in [0.3, 0.4) is 0 Å². The van der Waals surface area contributed by atoms with Gasteiger partial charge in [-0.3, -0.25) is 9.59 Å². The van der Waals surface area contributed by atoms with Gasteiger partial charge in [0.15, 0.2) is 0 Å². The first-order valence-corrected chi connectivity index (χ1v) is 9.91. The summed E-state index contributed by atoms with van der Waals surface area (Å²) in [6.07, 6.45) is 13.3. The molecule has 2 aliphatic rings. The number of carbonyl (C=O) groups excluding carboxylic acids is 2. The molecule has 2 saturated carbocycles. The Morgan fingerprint density at radius 3 is 1.54 bits per heavy atom. The second-order valence-electron chi connectivity index (χ2n) is 7.40. The molecule has 1 aromatic carbocycles. The molecular weight excluding hydrogens is 328 g/mol. The van der Waals surface area contributed by atoms with Crippen molar-refractivity contribution >= 4 is 24.2 Å². The molecule has 0 bridgehead atoms. The van der Waals surface area contributed by atoms with Crippen LogP contribution in [-0.4, -0.2) is 24.9 Å². The van der Waals surface area contributed by atoms with Crippen molar-refractivity contribution in [3.8, 4) is 0 Å². The quantitative estimate of drug-likeness (QED) is 0.553. The Balaban J connectivity index is 1.68. The lowest BCUT2D eigenvalue weighted by Crippen LogP contribution is -2.46. The molecule has 0 unspecified atom stereocenters. The maximum Gasteiger partial charge on any atom is 0.228 e. The van der Waals surface area contributed by atoms with Crippen LogP contribution in [0.25, 0.3) is 0 Å². The SMILES string of the molecule is O=CN(NC1CCCCC1)c1cccc(N(C=O)NC2CCCCC2)c1. The fourth-order valence-electron chi connectivity index (χ4n) is 3.98. The first-order chi connectivity index (χ1) is 12.8. The fraction of sp³-hybridized carbons (Fsp3) is 0.600. The van der Waals surface area contributed by atoms with Gasteiger partial charge in [0.2, 0.25) is 12.8 Å². The average Bonchev–Trinajstić information content (AvgIpc) is 2.72. The van der Waals surface area contributed by atoms with Crippen molar-refractivity contribution in [3.05, 3.63) is 24.3 Å². The van der Waals surface area contributed by atoms with Gasteiger partial charge in [0.25, 0.3) is 0 Å². The number of hydrogen-bond acceptors (Lipinski definition) is 4. The lowest BCUT2D eigenvalue weighted by Gasteiger charge is -2.30. The molecule has 0 heterocycles. The molecule has 2 fully saturated rings. The Labute approximate surface area is 155 Å². The summed E-state index contributed by atoms with van der Waals surface area (Å²) in [7, 11) is 0. The van der Waals surface area contributed by atoms with E-state index in [2.05, 4.69) is 10.9 Å². The van der Waals surface area contributed by atoms with Gasteiger partial charge in [-0.2, -0.15) is 0 Å². The summed E-state index contributed by atoms with van der Waals surface area (Å²) in [6.45, 7) is 0. The highest BCUT2D eigenvalue weighted by molar-refractivity contribution is 5.80. The predicted molar refractivity (Wildman–Crippen MR) is 104 cm³/mol. The summed E-state index contributed by atoms with van der Waals surface area (Å²) in [5.41, 5.74) is 8.15. The number of benzene rings is 1. The van der Waals surface area contributed by atoms with Gasteiger partial charge in [-0.15, -0.1) is 0 Å². The van der Waals surface area contributed by atoms with Gasteiger partial charge in [0.05, 0.1) is 11.4 Å². The minimum atomic E-state index is 0.333. The van der Waals surface area contributed by atoms with Crippen LogP contribution in [0, 0.1) is 0 Å². The highest BCUT2D eigenvalue weighted by Gasteiger charge is 2.19. The lowest BCUT2D eigenvalue weighted by molar-refractivity contribution is -0.108. The Kier molecular flexibility index (Phi) is 7.03. The molecule has 2 aliphatic carbocycles. The maximum atomic E-state index is 11.6. The molecule has 6 heteroatoms. The third-order valence-corrected chi connectivity index (χ3v) is 5.45. The molecule has 2 N–H and O–H groups in total. The predicted octanol–water partition coefficient (Wildman–Crippen LogP) is 3.29. The average molecular weight is 358 g/mol. The summed E-state index contributed by atoms with van der Waals surface area (Å²) in [5.74, 6) is 0.